The van der Waals surface area contributed by atoms with Crippen molar-refractivity contribution >= 4 is 44.8 Å². The number of anilines is 1. The first kappa shape index (κ1) is 22.9. The highest BCUT2D eigenvalue weighted by molar-refractivity contribution is 7.92. The Hall–Kier alpha value is -1.76. The summed E-state index contributed by atoms with van der Waals surface area (Å²) in [7, 11) is -3.74. The van der Waals surface area contributed by atoms with Gasteiger partial charge in [-0.3, -0.25) is 9.10 Å². The second-order valence-electron chi connectivity index (χ2n) is 7.61. The van der Waals surface area contributed by atoms with Crippen LogP contribution in [0.15, 0.2) is 36.4 Å². The van der Waals surface area contributed by atoms with E-state index in [2.05, 4.69) is 23.5 Å². The fourth-order valence-corrected chi connectivity index (χ4v) is 5.14. The van der Waals surface area contributed by atoms with Crippen LogP contribution in [0.2, 0.25) is 10.0 Å². The Kier molecular flexibility index (Phi) is 7.32. The molecule has 1 aliphatic carbocycles. The first-order valence-electron chi connectivity index (χ1n) is 10.0. The number of benzene rings is 2. The van der Waals surface area contributed by atoms with Crippen molar-refractivity contribution in [3.8, 4) is 0 Å². The second-order valence-corrected chi connectivity index (χ2v) is 10.3. The number of halogens is 2. The number of nitrogens with one attached hydrogen (secondary N) is 1. The molecule has 0 unspecified atom stereocenters. The number of carbonyl (C=O) groups is 1. The van der Waals surface area contributed by atoms with E-state index in [0.717, 1.165) is 29.0 Å². The molecule has 0 bridgehead atoms. The lowest BCUT2D eigenvalue weighted by molar-refractivity contribution is -0.120. The number of rotatable bonds is 7. The van der Waals surface area contributed by atoms with Gasteiger partial charge in [0.15, 0.2) is 0 Å². The van der Waals surface area contributed by atoms with Gasteiger partial charge < -0.3 is 5.32 Å². The minimum Gasteiger partial charge on any atom is -0.348 e. The average Bonchev–Trinajstić information content (AvgIpc) is 2.71. The van der Waals surface area contributed by atoms with Crippen molar-refractivity contribution < 1.29 is 13.2 Å². The van der Waals surface area contributed by atoms with Gasteiger partial charge in [-0.15, -0.1) is 0 Å². The van der Waals surface area contributed by atoms with E-state index < -0.39 is 15.9 Å². The van der Waals surface area contributed by atoms with Crippen LogP contribution in [0.4, 0.5) is 5.69 Å². The molecule has 1 aliphatic rings. The van der Waals surface area contributed by atoms with Gasteiger partial charge >= 0.3 is 0 Å². The Morgan fingerprint density at radius 3 is 2.50 bits per heavy atom. The van der Waals surface area contributed by atoms with Crippen molar-refractivity contribution in [3.63, 3.8) is 0 Å². The van der Waals surface area contributed by atoms with E-state index in [4.69, 9.17) is 23.2 Å². The van der Waals surface area contributed by atoms with Crippen LogP contribution in [-0.4, -0.2) is 27.1 Å². The Balaban J connectivity index is 1.80. The van der Waals surface area contributed by atoms with Crippen molar-refractivity contribution in [3.05, 3.63) is 63.1 Å². The smallest absolute Gasteiger partial charge is 0.241 e. The van der Waals surface area contributed by atoms with Crippen LogP contribution in [-0.2, 0) is 27.7 Å². The largest absolute Gasteiger partial charge is 0.348 e. The zero-order valence-corrected chi connectivity index (χ0v) is 19.4. The van der Waals surface area contributed by atoms with E-state index in [-0.39, 0.29) is 28.3 Å². The molecule has 0 saturated heterocycles. The maximum absolute atomic E-state index is 12.8. The Bertz CT molecular complexity index is 1040. The molecule has 2 aromatic carbocycles. The van der Waals surface area contributed by atoms with Crippen molar-refractivity contribution in [2.24, 2.45) is 0 Å². The summed E-state index contributed by atoms with van der Waals surface area (Å²) in [6.45, 7) is 1.62. The van der Waals surface area contributed by atoms with Crippen LogP contribution in [0.3, 0.4) is 0 Å². The van der Waals surface area contributed by atoms with E-state index in [1.54, 1.807) is 12.1 Å². The number of hydrogen-bond donors (Lipinski definition) is 1. The quantitative estimate of drug-likeness (QED) is 0.627. The maximum atomic E-state index is 12.8. The Labute approximate surface area is 188 Å². The molecule has 1 atom stereocenters. The summed E-state index contributed by atoms with van der Waals surface area (Å²) in [5.74, 6) is -0.402. The van der Waals surface area contributed by atoms with E-state index in [9.17, 15) is 13.2 Å². The SMILES string of the molecule is CC[C@H](NC(=O)CN(c1cccc(Cl)c1Cl)S(C)(=O)=O)c1ccc2c(c1)CCCC2. The molecule has 5 nitrogen and oxygen atoms in total. The highest BCUT2D eigenvalue weighted by Crippen LogP contribution is 2.33. The highest BCUT2D eigenvalue weighted by Gasteiger charge is 2.25. The second kappa shape index (κ2) is 9.58. The third-order valence-corrected chi connectivity index (χ3v) is 7.34. The summed E-state index contributed by atoms with van der Waals surface area (Å²) in [6, 6.07) is 10.9. The zero-order valence-electron chi connectivity index (χ0n) is 17.1. The molecule has 3 rings (SSSR count). The van der Waals surface area contributed by atoms with Crippen LogP contribution >= 0.6 is 23.2 Å². The third-order valence-electron chi connectivity index (χ3n) is 5.41. The minimum atomic E-state index is -3.74. The summed E-state index contributed by atoms with van der Waals surface area (Å²) in [5.41, 5.74) is 3.95. The first-order valence-corrected chi connectivity index (χ1v) is 12.6. The lowest BCUT2D eigenvalue weighted by Gasteiger charge is -2.25. The van der Waals surface area contributed by atoms with Crippen molar-refractivity contribution in [2.45, 2.75) is 45.1 Å². The first-order chi connectivity index (χ1) is 14.2. The lowest BCUT2D eigenvalue weighted by atomic mass is 9.89. The Morgan fingerprint density at radius 2 is 1.83 bits per heavy atom. The number of sulfonamides is 1. The molecule has 1 amide bonds. The lowest BCUT2D eigenvalue weighted by Crippen LogP contribution is -2.41. The number of nitrogens with zero attached hydrogens (tertiary/aromatic N) is 1. The molecule has 0 saturated carbocycles. The zero-order chi connectivity index (χ0) is 21.9. The van der Waals surface area contributed by atoms with E-state index >= 15 is 0 Å². The number of carbonyl (C=O) groups excluding carboxylic acids is 1. The molecule has 0 aliphatic heterocycles. The standard InChI is InChI=1S/C22H26Cl2N2O3S/c1-3-19(17-12-11-15-7-4-5-8-16(15)13-17)25-21(27)14-26(30(2,28)29)20-10-6-9-18(23)22(20)24/h6,9-13,19H,3-5,7-8,14H2,1-2H3,(H,25,27)/t19-/m0/s1. The molecule has 2 aromatic rings. The number of aryl methyl sites for hydroxylation is 2. The Morgan fingerprint density at radius 1 is 1.13 bits per heavy atom. The summed E-state index contributed by atoms with van der Waals surface area (Å²) < 4.78 is 25.7. The van der Waals surface area contributed by atoms with Crippen molar-refractivity contribution in [1.82, 2.24) is 5.32 Å². The molecule has 1 N–H and O–H groups in total. The summed E-state index contributed by atoms with van der Waals surface area (Å²) in [5, 5.41) is 3.30. The van der Waals surface area contributed by atoms with Crippen molar-refractivity contribution in [1.29, 1.82) is 0 Å². The summed E-state index contributed by atoms with van der Waals surface area (Å²) >= 11 is 12.2. The molecule has 30 heavy (non-hydrogen) atoms. The molecule has 0 heterocycles. The van der Waals surface area contributed by atoms with Gasteiger partial charge in [-0.1, -0.05) is 54.4 Å². The van der Waals surface area contributed by atoms with Crippen LogP contribution in [0.1, 0.15) is 48.9 Å². The minimum absolute atomic E-state index is 0.0964. The summed E-state index contributed by atoms with van der Waals surface area (Å²) in [4.78, 5) is 12.8. The van der Waals surface area contributed by atoms with Crippen molar-refractivity contribution in [2.75, 3.05) is 17.1 Å². The van der Waals surface area contributed by atoms with Crippen LogP contribution in [0.5, 0.6) is 0 Å². The maximum Gasteiger partial charge on any atom is 0.241 e. The molecular weight excluding hydrogens is 443 g/mol. The topological polar surface area (TPSA) is 66.5 Å². The highest BCUT2D eigenvalue weighted by atomic mass is 35.5. The monoisotopic (exact) mass is 468 g/mol. The molecule has 0 radical (unpaired) electrons. The molecule has 0 aromatic heterocycles. The van der Waals surface area contributed by atoms with E-state index in [1.165, 1.54) is 30.0 Å². The number of hydrogen-bond acceptors (Lipinski definition) is 3. The molecular formula is C22H26Cl2N2O3S. The van der Waals surface area contributed by atoms with Crippen LogP contribution < -0.4 is 9.62 Å². The van der Waals surface area contributed by atoms with E-state index in [1.807, 2.05) is 6.92 Å². The van der Waals surface area contributed by atoms with Crippen LogP contribution in [0, 0.1) is 0 Å². The fraction of sp³-hybridized carbons (Fsp3) is 0.409. The molecule has 0 fully saturated rings. The summed E-state index contributed by atoms with van der Waals surface area (Å²) in [6.07, 6.45) is 6.29. The number of amides is 1. The predicted octanol–water partition coefficient (Wildman–Crippen LogP) is 4.91. The van der Waals surface area contributed by atoms with Gasteiger partial charge in [-0.25, -0.2) is 8.42 Å². The van der Waals surface area contributed by atoms with Gasteiger partial charge in [0.2, 0.25) is 15.9 Å². The molecule has 8 heteroatoms. The fourth-order valence-electron chi connectivity index (χ4n) is 3.83. The predicted molar refractivity (Wildman–Crippen MR) is 123 cm³/mol. The van der Waals surface area contributed by atoms with E-state index in [0.29, 0.717) is 6.42 Å². The van der Waals surface area contributed by atoms with Crippen LogP contribution in [0.25, 0.3) is 0 Å². The van der Waals surface area contributed by atoms with Gasteiger partial charge in [0.05, 0.1) is 28.0 Å². The normalized spacial score (nSPS) is 14.7. The number of fused-ring (bicyclic) bond motifs is 1. The van der Waals surface area contributed by atoms with Gasteiger partial charge in [0, 0.05) is 0 Å². The molecule has 0 spiro atoms. The van der Waals surface area contributed by atoms with Gasteiger partial charge in [0.1, 0.15) is 6.54 Å². The average molecular weight is 469 g/mol. The third kappa shape index (κ3) is 5.29. The van der Waals surface area contributed by atoms with Gasteiger partial charge in [-0.05, 0) is 60.9 Å². The van der Waals surface area contributed by atoms with Gasteiger partial charge in [-0.2, -0.15) is 0 Å². The molecule has 162 valence electrons. The van der Waals surface area contributed by atoms with Gasteiger partial charge in [0.25, 0.3) is 0 Å².